The molecule has 2 heterocycles. The first kappa shape index (κ1) is 20.2. The lowest BCUT2D eigenvalue weighted by molar-refractivity contribution is -0.131. The molecule has 2 aromatic carbocycles. The van der Waals surface area contributed by atoms with E-state index in [4.69, 9.17) is 0 Å². The fraction of sp³-hybridized carbons (Fsp3) is 0.391. The standard InChI is InChI=1S/C23H28FN5O/c1-25-23(29-13-11-18-4-2-3-5-21(18)29)26-12-10-22(30)28-16-14-27(15-17-28)20-8-6-19(24)7-9-20/h2-9H,10-17H2,1H3,(H,25,26). The number of para-hydroxylation sites is 1. The number of carbonyl (C=O) groups is 1. The van der Waals surface area contributed by atoms with Gasteiger partial charge in [0.2, 0.25) is 5.91 Å². The number of piperazine rings is 1. The van der Waals surface area contributed by atoms with Crippen molar-refractivity contribution in [2.24, 2.45) is 4.99 Å². The number of halogens is 1. The molecule has 0 atom stereocenters. The average molecular weight is 410 g/mol. The number of rotatable bonds is 4. The first-order valence-corrected chi connectivity index (χ1v) is 10.5. The van der Waals surface area contributed by atoms with Crippen molar-refractivity contribution in [3.8, 4) is 0 Å². The highest BCUT2D eigenvalue weighted by Gasteiger charge is 2.24. The molecular weight excluding hydrogens is 381 g/mol. The van der Waals surface area contributed by atoms with Crippen LogP contribution in [-0.4, -0.2) is 63.1 Å². The first-order chi connectivity index (χ1) is 14.7. The van der Waals surface area contributed by atoms with Crippen molar-refractivity contribution in [3.05, 3.63) is 59.9 Å². The number of anilines is 2. The van der Waals surface area contributed by atoms with E-state index in [0.29, 0.717) is 26.1 Å². The molecule has 2 aliphatic rings. The number of guanidine groups is 1. The van der Waals surface area contributed by atoms with Crippen LogP contribution in [0, 0.1) is 5.82 Å². The largest absolute Gasteiger partial charge is 0.368 e. The van der Waals surface area contributed by atoms with Crippen LogP contribution in [0.5, 0.6) is 0 Å². The Morgan fingerprint density at radius 2 is 1.77 bits per heavy atom. The molecule has 0 radical (unpaired) electrons. The summed E-state index contributed by atoms with van der Waals surface area (Å²) in [6, 6.07) is 14.9. The van der Waals surface area contributed by atoms with Crippen molar-refractivity contribution in [2.45, 2.75) is 12.8 Å². The summed E-state index contributed by atoms with van der Waals surface area (Å²) in [7, 11) is 1.78. The van der Waals surface area contributed by atoms with E-state index in [0.717, 1.165) is 37.7 Å². The van der Waals surface area contributed by atoms with Gasteiger partial charge in [-0.05, 0) is 42.3 Å². The van der Waals surface area contributed by atoms with Gasteiger partial charge in [0.1, 0.15) is 5.82 Å². The maximum Gasteiger partial charge on any atom is 0.224 e. The van der Waals surface area contributed by atoms with E-state index >= 15 is 0 Å². The van der Waals surface area contributed by atoms with Gasteiger partial charge >= 0.3 is 0 Å². The van der Waals surface area contributed by atoms with E-state index in [1.165, 1.54) is 23.4 Å². The lowest BCUT2D eigenvalue weighted by Crippen LogP contribution is -2.49. The second-order valence-corrected chi connectivity index (χ2v) is 7.60. The average Bonchev–Trinajstić information content (AvgIpc) is 3.21. The maximum atomic E-state index is 13.1. The monoisotopic (exact) mass is 409 g/mol. The molecule has 1 amide bonds. The Bertz CT molecular complexity index is 906. The Hall–Kier alpha value is -3.09. The van der Waals surface area contributed by atoms with Crippen LogP contribution in [0.2, 0.25) is 0 Å². The Labute approximate surface area is 177 Å². The van der Waals surface area contributed by atoms with E-state index in [-0.39, 0.29) is 11.7 Å². The normalized spacial score (nSPS) is 16.6. The van der Waals surface area contributed by atoms with E-state index in [1.54, 1.807) is 19.2 Å². The summed E-state index contributed by atoms with van der Waals surface area (Å²) in [5, 5.41) is 3.34. The van der Waals surface area contributed by atoms with Crippen LogP contribution in [-0.2, 0) is 11.2 Å². The van der Waals surface area contributed by atoms with Crippen LogP contribution in [0.1, 0.15) is 12.0 Å². The summed E-state index contributed by atoms with van der Waals surface area (Å²) in [6.07, 6.45) is 1.44. The van der Waals surface area contributed by atoms with Gasteiger partial charge in [0.05, 0.1) is 0 Å². The Kier molecular flexibility index (Phi) is 6.16. The van der Waals surface area contributed by atoms with E-state index < -0.39 is 0 Å². The molecule has 6 nitrogen and oxygen atoms in total. The molecule has 2 aliphatic heterocycles. The minimum atomic E-state index is -0.229. The third-order valence-electron chi connectivity index (χ3n) is 5.80. The molecule has 2 aromatic rings. The summed E-state index contributed by atoms with van der Waals surface area (Å²) >= 11 is 0. The number of carbonyl (C=O) groups excluding carboxylic acids is 1. The van der Waals surface area contributed by atoms with Crippen LogP contribution >= 0.6 is 0 Å². The Morgan fingerprint density at radius 3 is 2.50 bits per heavy atom. The zero-order valence-corrected chi connectivity index (χ0v) is 17.4. The van der Waals surface area contributed by atoms with E-state index in [2.05, 4.69) is 38.3 Å². The molecule has 1 saturated heterocycles. The van der Waals surface area contributed by atoms with Crippen molar-refractivity contribution in [3.63, 3.8) is 0 Å². The number of hydrogen-bond acceptors (Lipinski definition) is 3. The van der Waals surface area contributed by atoms with Gasteiger partial charge in [0.25, 0.3) is 0 Å². The predicted molar refractivity (Wildman–Crippen MR) is 119 cm³/mol. The van der Waals surface area contributed by atoms with Crippen molar-refractivity contribution in [2.75, 3.05) is 56.1 Å². The molecule has 7 heteroatoms. The van der Waals surface area contributed by atoms with Gasteiger partial charge in [-0.3, -0.25) is 9.79 Å². The second-order valence-electron chi connectivity index (χ2n) is 7.60. The molecule has 1 N–H and O–H groups in total. The second kappa shape index (κ2) is 9.15. The molecule has 0 aromatic heterocycles. The molecule has 0 saturated carbocycles. The summed E-state index contributed by atoms with van der Waals surface area (Å²) in [5.74, 6) is 0.736. The SMILES string of the molecule is CN=C(NCCC(=O)N1CCN(c2ccc(F)cc2)CC1)N1CCc2ccccc21. The van der Waals surface area contributed by atoms with Gasteiger partial charge in [-0.2, -0.15) is 0 Å². The first-order valence-electron chi connectivity index (χ1n) is 10.5. The molecule has 0 unspecified atom stereocenters. The lowest BCUT2D eigenvalue weighted by Gasteiger charge is -2.36. The van der Waals surface area contributed by atoms with Crippen molar-refractivity contribution < 1.29 is 9.18 Å². The molecule has 0 aliphatic carbocycles. The maximum absolute atomic E-state index is 13.1. The Morgan fingerprint density at radius 1 is 1.03 bits per heavy atom. The van der Waals surface area contributed by atoms with Crippen molar-refractivity contribution >= 4 is 23.2 Å². The number of nitrogens with one attached hydrogen (secondary N) is 1. The fourth-order valence-corrected chi connectivity index (χ4v) is 4.16. The van der Waals surface area contributed by atoms with Gasteiger partial charge in [0.15, 0.2) is 5.96 Å². The highest BCUT2D eigenvalue weighted by Crippen LogP contribution is 2.27. The summed E-state index contributed by atoms with van der Waals surface area (Å²) in [4.78, 5) is 23.3. The minimum absolute atomic E-state index is 0.151. The molecule has 158 valence electrons. The highest BCUT2D eigenvalue weighted by molar-refractivity contribution is 5.98. The third-order valence-corrected chi connectivity index (χ3v) is 5.80. The van der Waals surface area contributed by atoms with Gasteiger partial charge in [-0.1, -0.05) is 18.2 Å². The smallest absolute Gasteiger partial charge is 0.224 e. The predicted octanol–water partition coefficient (Wildman–Crippen LogP) is 2.50. The van der Waals surface area contributed by atoms with Crippen molar-refractivity contribution in [1.29, 1.82) is 0 Å². The van der Waals surface area contributed by atoms with Crippen LogP contribution in [0.4, 0.5) is 15.8 Å². The van der Waals surface area contributed by atoms with E-state index in [9.17, 15) is 9.18 Å². The number of aliphatic imine (C=N–C) groups is 1. The third kappa shape index (κ3) is 4.40. The zero-order chi connectivity index (χ0) is 20.9. The minimum Gasteiger partial charge on any atom is -0.368 e. The number of hydrogen-bond donors (Lipinski definition) is 1. The summed E-state index contributed by atoms with van der Waals surface area (Å²) < 4.78 is 13.1. The van der Waals surface area contributed by atoms with Crippen LogP contribution in [0.25, 0.3) is 0 Å². The Balaban J connectivity index is 1.24. The lowest BCUT2D eigenvalue weighted by atomic mass is 10.2. The van der Waals surface area contributed by atoms with Gasteiger partial charge in [-0.25, -0.2) is 4.39 Å². The molecule has 1 fully saturated rings. The molecule has 0 spiro atoms. The quantitative estimate of drug-likeness (QED) is 0.623. The molecular formula is C23H28FN5O. The highest BCUT2D eigenvalue weighted by atomic mass is 19.1. The van der Waals surface area contributed by atoms with E-state index in [1.807, 2.05) is 11.0 Å². The molecule has 30 heavy (non-hydrogen) atoms. The zero-order valence-electron chi connectivity index (χ0n) is 17.4. The van der Waals surface area contributed by atoms with Crippen LogP contribution < -0.4 is 15.1 Å². The van der Waals surface area contributed by atoms with Gasteiger partial charge in [-0.15, -0.1) is 0 Å². The molecule has 4 rings (SSSR count). The van der Waals surface area contributed by atoms with Gasteiger partial charge in [0, 0.05) is 64.1 Å². The number of nitrogens with zero attached hydrogens (tertiary/aromatic N) is 4. The number of amides is 1. The fourth-order valence-electron chi connectivity index (χ4n) is 4.16. The number of benzene rings is 2. The van der Waals surface area contributed by atoms with Crippen LogP contribution in [0.3, 0.4) is 0 Å². The topological polar surface area (TPSA) is 51.2 Å². The van der Waals surface area contributed by atoms with Crippen molar-refractivity contribution in [1.82, 2.24) is 10.2 Å². The van der Waals surface area contributed by atoms with Gasteiger partial charge < -0.3 is 20.0 Å². The molecule has 0 bridgehead atoms. The number of fused-ring (bicyclic) bond motifs is 1. The van der Waals surface area contributed by atoms with Crippen LogP contribution in [0.15, 0.2) is 53.5 Å². The summed E-state index contributed by atoms with van der Waals surface area (Å²) in [6.45, 7) is 4.35. The summed E-state index contributed by atoms with van der Waals surface area (Å²) in [5.41, 5.74) is 3.52.